The topological polar surface area (TPSA) is 33.7 Å². The summed E-state index contributed by atoms with van der Waals surface area (Å²) in [6.07, 6.45) is 0. The first-order chi connectivity index (χ1) is 14.2. The second-order valence-electron chi connectivity index (χ2n) is 7.11. The van der Waals surface area contributed by atoms with Crippen LogP contribution in [-0.4, -0.2) is 16.8 Å². The van der Waals surface area contributed by atoms with Gasteiger partial charge in [-0.3, -0.25) is 0 Å². The second kappa shape index (κ2) is 8.97. The summed E-state index contributed by atoms with van der Waals surface area (Å²) in [5.41, 5.74) is 3.55. The first kappa shape index (κ1) is 19.3. The minimum Gasteiger partial charge on any atom is -0.454 e. The molecule has 29 heavy (non-hydrogen) atoms. The number of benzene rings is 3. The number of hydrogen-bond donors (Lipinski definition) is 1. The zero-order chi connectivity index (χ0) is 20.1. The fraction of sp³-hybridized carbons (Fsp3) is 0.208. The molecule has 0 amide bonds. The Balaban J connectivity index is 1.52. The molecule has 3 aromatic rings. The Kier molecular flexibility index (Phi) is 5.96. The SMILES string of the molecule is CC(NC(=S)N(Cc1ccccc1)Cc1ccc2c(c1)OCO2)c1ccccc1. The molecule has 0 aliphatic carbocycles. The Hall–Kier alpha value is -3.05. The van der Waals surface area contributed by atoms with Crippen molar-refractivity contribution in [3.63, 3.8) is 0 Å². The highest BCUT2D eigenvalue weighted by atomic mass is 32.1. The van der Waals surface area contributed by atoms with Gasteiger partial charge in [0.1, 0.15) is 0 Å². The first-order valence-electron chi connectivity index (χ1n) is 9.72. The van der Waals surface area contributed by atoms with Gasteiger partial charge in [-0.2, -0.15) is 0 Å². The molecular weight excluding hydrogens is 380 g/mol. The van der Waals surface area contributed by atoms with E-state index in [2.05, 4.69) is 59.6 Å². The quantitative estimate of drug-likeness (QED) is 0.581. The summed E-state index contributed by atoms with van der Waals surface area (Å²) >= 11 is 5.81. The van der Waals surface area contributed by atoms with E-state index in [0.29, 0.717) is 6.54 Å². The molecule has 0 spiro atoms. The normalized spacial score (nSPS) is 13.0. The Bertz CT molecular complexity index is 963. The highest BCUT2D eigenvalue weighted by molar-refractivity contribution is 7.80. The Morgan fingerprint density at radius 3 is 2.31 bits per heavy atom. The van der Waals surface area contributed by atoms with Gasteiger partial charge >= 0.3 is 0 Å². The van der Waals surface area contributed by atoms with Crippen LogP contribution in [0.2, 0.25) is 0 Å². The van der Waals surface area contributed by atoms with Crippen molar-refractivity contribution in [3.05, 3.63) is 95.6 Å². The van der Waals surface area contributed by atoms with Crippen molar-refractivity contribution in [2.75, 3.05) is 6.79 Å². The van der Waals surface area contributed by atoms with E-state index >= 15 is 0 Å². The van der Waals surface area contributed by atoms with Gasteiger partial charge in [0.2, 0.25) is 6.79 Å². The van der Waals surface area contributed by atoms with Crippen LogP contribution < -0.4 is 14.8 Å². The zero-order valence-electron chi connectivity index (χ0n) is 16.4. The van der Waals surface area contributed by atoms with Crippen LogP contribution >= 0.6 is 12.2 Å². The van der Waals surface area contributed by atoms with E-state index in [1.807, 2.05) is 36.4 Å². The average molecular weight is 405 g/mol. The van der Waals surface area contributed by atoms with Gasteiger partial charge in [0, 0.05) is 13.1 Å². The molecule has 4 rings (SSSR count). The van der Waals surface area contributed by atoms with Crippen LogP contribution in [0.1, 0.15) is 29.7 Å². The van der Waals surface area contributed by atoms with Crippen molar-refractivity contribution >= 4 is 17.3 Å². The van der Waals surface area contributed by atoms with Crippen molar-refractivity contribution in [2.45, 2.75) is 26.1 Å². The van der Waals surface area contributed by atoms with E-state index in [1.165, 1.54) is 11.1 Å². The molecule has 1 N–H and O–H groups in total. The summed E-state index contributed by atoms with van der Waals surface area (Å²) < 4.78 is 11.0. The molecule has 0 aromatic heterocycles. The molecule has 1 heterocycles. The van der Waals surface area contributed by atoms with Crippen LogP contribution in [0.4, 0.5) is 0 Å². The molecule has 4 nitrogen and oxygen atoms in total. The van der Waals surface area contributed by atoms with Gasteiger partial charge in [0.05, 0.1) is 6.04 Å². The van der Waals surface area contributed by atoms with E-state index < -0.39 is 0 Å². The summed E-state index contributed by atoms with van der Waals surface area (Å²) in [5.74, 6) is 1.58. The number of nitrogens with zero attached hydrogens (tertiary/aromatic N) is 1. The molecule has 0 fully saturated rings. The molecule has 1 unspecified atom stereocenters. The largest absolute Gasteiger partial charge is 0.454 e. The van der Waals surface area contributed by atoms with Crippen LogP contribution in [0.25, 0.3) is 0 Å². The second-order valence-corrected chi connectivity index (χ2v) is 7.50. The Labute approximate surface area is 177 Å². The third kappa shape index (κ3) is 4.87. The predicted molar refractivity (Wildman–Crippen MR) is 119 cm³/mol. The Morgan fingerprint density at radius 2 is 1.55 bits per heavy atom. The third-order valence-corrected chi connectivity index (χ3v) is 5.33. The lowest BCUT2D eigenvalue weighted by atomic mass is 10.1. The van der Waals surface area contributed by atoms with Gasteiger partial charge in [-0.05, 0) is 48.0 Å². The summed E-state index contributed by atoms with van der Waals surface area (Å²) in [6, 6.07) is 26.9. The van der Waals surface area contributed by atoms with Gasteiger partial charge in [0.15, 0.2) is 16.6 Å². The minimum atomic E-state index is 0.124. The molecule has 1 atom stereocenters. The van der Waals surface area contributed by atoms with Gasteiger partial charge in [-0.1, -0.05) is 66.7 Å². The number of hydrogen-bond acceptors (Lipinski definition) is 3. The van der Waals surface area contributed by atoms with E-state index in [4.69, 9.17) is 21.7 Å². The fourth-order valence-electron chi connectivity index (χ4n) is 3.36. The standard InChI is InChI=1S/C24H24N2O2S/c1-18(21-10-6-3-7-11-21)25-24(29)26(15-19-8-4-2-5-9-19)16-20-12-13-22-23(14-20)28-17-27-22/h2-14,18H,15-17H2,1H3,(H,25,29). The van der Waals surface area contributed by atoms with Crippen molar-refractivity contribution < 1.29 is 9.47 Å². The summed E-state index contributed by atoms with van der Waals surface area (Å²) in [7, 11) is 0. The number of rotatable bonds is 6. The summed E-state index contributed by atoms with van der Waals surface area (Å²) in [5, 5.41) is 4.22. The minimum absolute atomic E-state index is 0.124. The van der Waals surface area contributed by atoms with Gasteiger partial charge in [-0.25, -0.2) is 0 Å². The van der Waals surface area contributed by atoms with Crippen molar-refractivity contribution in [3.8, 4) is 11.5 Å². The maximum atomic E-state index is 5.81. The van der Waals surface area contributed by atoms with Gasteiger partial charge in [-0.15, -0.1) is 0 Å². The van der Waals surface area contributed by atoms with E-state index in [9.17, 15) is 0 Å². The molecule has 0 saturated carbocycles. The lowest BCUT2D eigenvalue weighted by Gasteiger charge is -2.28. The van der Waals surface area contributed by atoms with Gasteiger partial charge < -0.3 is 19.7 Å². The lowest BCUT2D eigenvalue weighted by molar-refractivity contribution is 0.174. The van der Waals surface area contributed by atoms with Crippen LogP contribution in [-0.2, 0) is 13.1 Å². The van der Waals surface area contributed by atoms with Crippen LogP contribution in [0, 0.1) is 0 Å². The number of thiocarbonyl (C=S) groups is 1. The molecule has 0 radical (unpaired) electrons. The van der Waals surface area contributed by atoms with E-state index in [1.54, 1.807) is 0 Å². The van der Waals surface area contributed by atoms with Crippen molar-refractivity contribution in [1.82, 2.24) is 10.2 Å². The maximum Gasteiger partial charge on any atom is 0.231 e. The number of nitrogens with one attached hydrogen (secondary N) is 1. The monoisotopic (exact) mass is 404 g/mol. The third-order valence-electron chi connectivity index (χ3n) is 4.95. The van der Waals surface area contributed by atoms with Crippen LogP contribution in [0.5, 0.6) is 11.5 Å². The van der Waals surface area contributed by atoms with E-state index in [-0.39, 0.29) is 12.8 Å². The maximum absolute atomic E-state index is 5.81. The summed E-state index contributed by atoms with van der Waals surface area (Å²) in [4.78, 5) is 2.18. The molecule has 3 aromatic carbocycles. The molecule has 1 aliphatic heterocycles. The number of fused-ring (bicyclic) bond motifs is 1. The molecule has 0 saturated heterocycles. The Morgan fingerprint density at radius 1 is 0.897 bits per heavy atom. The van der Waals surface area contributed by atoms with E-state index in [0.717, 1.165) is 28.7 Å². The average Bonchev–Trinajstić information content (AvgIpc) is 3.22. The van der Waals surface area contributed by atoms with Crippen molar-refractivity contribution in [2.24, 2.45) is 0 Å². The zero-order valence-corrected chi connectivity index (χ0v) is 17.2. The molecule has 1 aliphatic rings. The van der Waals surface area contributed by atoms with Crippen LogP contribution in [0.3, 0.4) is 0 Å². The predicted octanol–water partition coefficient (Wildman–Crippen LogP) is 5.05. The lowest BCUT2D eigenvalue weighted by Crippen LogP contribution is -2.40. The first-order valence-corrected chi connectivity index (χ1v) is 10.1. The molecule has 0 bridgehead atoms. The molecule has 148 valence electrons. The van der Waals surface area contributed by atoms with Crippen molar-refractivity contribution in [1.29, 1.82) is 0 Å². The number of ether oxygens (including phenoxy) is 2. The molecule has 5 heteroatoms. The van der Waals surface area contributed by atoms with Gasteiger partial charge in [0.25, 0.3) is 0 Å². The highest BCUT2D eigenvalue weighted by Gasteiger charge is 2.17. The highest BCUT2D eigenvalue weighted by Crippen LogP contribution is 2.33. The van der Waals surface area contributed by atoms with Crippen LogP contribution in [0.15, 0.2) is 78.9 Å². The summed E-state index contributed by atoms with van der Waals surface area (Å²) in [6.45, 7) is 3.81. The smallest absolute Gasteiger partial charge is 0.231 e. The fourth-order valence-corrected chi connectivity index (χ4v) is 3.67. The molecular formula is C24H24N2O2S.